The molecule has 0 atom stereocenters. The summed E-state index contributed by atoms with van der Waals surface area (Å²) in [5, 5.41) is 15.0. The Bertz CT molecular complexity index is 856. The van der Waals surface area contributed by atoms with Crippen molar-refractivity contribution < 1.29 is 4.79 Å². The van der Waals surface area contributed by atoms with E-state index in [-0.39, 0.29) is 12.5 Å². The van der Waals surface area contributed by atoms with Gasteiger partial charge in [0.25, 0.3) is 0 Å². The highest BCUT2D eigenvalue weighted by Crippen LogP contribution is 2.13. The Kier molecular flexibility index (Phi) is 9.03. The Morgan fingerprint density at radius 3 is 2.66 bits per heavy atom. The number of aryl methyl sites for hydroxylation is 1. The molecule has 1 fully saturated rings. The quantitative estimate of drug-likeness (QED) is 0.449. The average Bonchev–Trinajstić information content (AvgIpc) is 3.26. The van der Waals surface area contributed by atoms with Gasteiger partial charge in [-0.1, -0.05) is 37.3 Å². The third-order valence-electron chi connectivity index (χ3n) is 5.71. The van der Waals surface area contributed by atoms with Crippen molar-refractivity contribution in [3.05, 3.63) is 48.0 Å². The molecule has 0 bridgehead atoms. The summed E-state index contributed by atoms with van der Waals surface area (Å²) in [6, 6.07) is 10.9. The van der Waals surface area contributed by atoms with E-state index in [0.717, 1.165) is 51.3 Å². The van der Waals surface area contributed by atoms with Gasteiger partial charge < -0.3 is 20.1 Å². The number of nitrogens with zero attached hydrogens (tertiary/aromatic N) is 6. The van der Waals surface area contributed by atoms with Crippen molar-refractivity contribution in [2.45, 2.75) is 45.3 Å². The minimum atomic E-state index is -0.0177. The molecular formula is C23H36N8O. The average molecular weight is 441 g/mol. The SMILES string of the molecule is CCc1nncn1CCNC(=NCC(=O)N(C)C)NC1CCN(Cc2ccccc2)CC1. The van der Waals surface area contributed by atoms with Crippen LogP contribution in [0.3, 0.4) is 0 Å². The summed E-state index contributed by atoms with van der Waals surface area (Å²) in [5.41, 5.74) is 1.35. The second-order valence-electron chi connectivity index (χ2n) is 8.35. The molecular weight excluding hydrogens is 404 g/mol. The van der Waals surface area contributed by atoms with Crippen molar-refractivity contribution >= 4 is 11.9 Å². The molecule has 2 N–H and O–H groups in total. The molecule has 32 heavy (non-hydrogen) atoms. The molecule has 3 rings (SSSR count). The summed E-state index contributed by atoms with van der Waals surface area (Å²) in [7, 11) is 3.50. The lowest BCUT2D eigenvalue weighted by Gasteiger charge is -2.33. The second-order valence-corrected chi connectivity index (χ2v) is 8.35. The molecule has 0 radical (unpaired) electrons. The van der Waals surface area contributed by atoms with Crippen molar-refractivity contribution in [1.82, 2.24) is 35.2 Å². The van der Waals surface area contributed by atoms with Crippen molar-refractivity contribution in [3.63, 3.8) is 0 Å². The summed E-state index contributed by atoms with van der Waals surface area (Å²) in [6.07, 6.45) is 4.68. The number of benzene rings is 1. The van der Waals surface area contributed by atoms with Crippen LogP contribution in [0.5, 0.6) is 0 Å². The van der Waals surface area contributed by atoms with Gasteiger partial charge in [-0.05, 0) is 18.4 Å². The highest BCUT2D eigenvalue weighted by Gasteiger charge is 2.20. The fourth-order valence-corrected chi connectivity index (χ4v) is 3.75. The number of nitrogens with one attached hydrogen (secondary N) is 2. The largest absolute Gasteiger partial charge is 0.355 e. The minimum Gasteiger partial charge on any atom is -0.355 e. The van der Waals surface area contributed by atoms with Gasteiger partial charge in [-0.2, -0.15) is 0 Å². The van der Waals surface area contributed by atoms with Crippen LogP contribution >= 0.6 is 0 Å². The van der Waals surface area contributed by atoms with Crippen molar-refractivity contribution in [3.8, 4) is 0 Å². The predicted molar refractivity (Wildman–Crippen MR) is 126 cm³/mol. The Hall–Kier alpha value is -2.94. The molecule has 1 aromatic carbocycles. The van der Waals surface area contributed by atoms with Crippen LogP contribution in [0.1, 0.15) is 31.2 Å². The van der Waals surface area contributed by atoms with Gasteiger partial charge in [0, 0.05) is 59.3 Å². The third kappa shape index (κ3) is 7.33. The first-order valence-corrected chi connectivity index (χ1v) is 11.4. The van der Waals surface area contributed by atoms with Crippen LogP contribution in [0.2, 0.25) is 0 Å². The van der Waals surface area contributed by atoms with E-state index >= 15 is 0 Å². The fourth-order valence-electron chi connectivity index (χ4n) is 3.75. The number of carbonyl (C=O) groups is 1. The topological polar surface area (TPSA) is 90.7 Å². The van der Waals surface area contributed by atoms with Gasteiger partial charge in [0.05, 0.1) is 0 Å². The van der Waals surface area contributed by atoms with Crippen LogP contribution in [0, 0.1) is 0 Å². The molecule has 0 aliphatic carbocycles. The van der Waals surface area contributed by atoms with E-state index in [4.69, 9.17) is 0 Å². The number of rotatable bonds is 9. The number of amides is 1. The maximum atomic E-state index is 12.0. The van der Waals surface area contributed by atoms with E-state index in [9.17, 15) is 4.79 Å². The normalized spacial score (nSPS) is 15.5. The van der Waals surface area contributed by atoms with Crippen molar-refractivity contribution in [2.24, 2.45) is 4.99 Å². The lowest BCUT2D eigenvalue weighted by Crippen LogP contribution is -2.49. The van der Waals surface area contributed by atoms with Gasteiger partial charge in [0.1, 0.15) is 18.7 Å². The maximum Gasteiger partial charge on any atom is 0.243 e. The fraction of sp³-hybridized carbons (Fsp3) is 0.565. The summed E-state index contributed by atoms with van der Waals surface area (Å²) >= 11 is 0. The molecule has 2 heterocycles. The van der Waals surface area contributed by atoms with Crippen LogP contribution < -0.4 is 10.6 Å². The highest BCUT2D eigenvalue weighted by atomic mass is 16.2. The molecule has 1 aliphatic rings. The lowest BCUT2D eigenvalue weighted by molar-refractivity contribution is -0.127. The number of piperidine rings is 1. The van der Waals surface area contributed by atoms with Crippen LogP contribution in [0.4, 0.5) is 0 Å². The number of guanidine groups is 1. The Morgan fingerprint density at radius 1 is 1.22 bits per heavy atom. The molecule has 0 unspecified atom stereocenters. The third-order valence-corrected chi connectivity index (χ3v) is 5.71. The smallest absolute Gasteiger partial charge is 0.243 e. The molecule has 174 valence electrons. The van der Waals surface area contributed by atoms with E-state index < -0.39 is 0 Å². The molecule has 1 amide bonds. The Balaban J connectivity index is 1.51. The first kappa shape index (κ1) is 23.7. The molecule has 1 aliphatic heterocycles. The van der Waals surface area contributed by atoms with E-state index in [2.05, 4.69) is 68.0 Å². The van der Waals surface area contributed by atoms with Gasteiger partial charge in [-0.3, -0.25) is 9.69 Å². The molecule has 0 spiro atoms. The van der Waals surface area contributed by atoms with Gasteiger partial charge in [-0.25, -0.2) is 4.99 Å². The molecule has 9 nitrogen and oxygen atoms in total. The van der Waals surface area contributed by atoms with Crippen LogP contribution in [0.25, 0.3) is 0 Å². The molecule has 9 heteroatoms. The van der Waals surface area contributed by atoms with E-state index in [1.165, 1.54) is 5.56 Å². The highest BCUT2D eigenvalue weighted by molar-refractivity contribution is 5.84. The van der Waals surface area contributed by atoms with E-state index in [1.54, 1.807) is 25.3 Å². The van der Waals surface area contributed by atoms with Crippen molar-refractivity contribution in [1.29, 1.82) is 0 Å². The van der Waals surface area contributed by atoms with Crippen LogP contribution in [-0.4, -0.2) is 82.7 Å². The Morgan fingerprint density at radius 2 is 1.97 bits per heavy atom. The number of aliphatic imine (C=N–C) groups is 1. The number of hydrogen-bond donors (Lipinski definition) is 2. The molecule has 0 saturated carbocycles. The number of likely N-dealkylation sites (N-methyl/N-ethyl adjacent to an activating group) is 1. The first-order chi connectivity index (χ1) is 15.5. The minimum absolute atomic E-state index is 0.0177. The number of aromatic nitrogens is 3. The molecule has 2 aromatic rings. The Labute approximate surface area is 190 Å². The van der Waals surface area contributed by atoms with E-state index in [1.807, 2.05) is 4.57 Å². The summed E-state index contributed by atoms with van der Waals surface area (Å²) in [4.78, 5) is 20.6. The zero-order valence-corrected chi connectivity index (χ0v) is 19.5. The van der Waals surface area contributed by atoms with Gasteiger partial charge >= 0.3 is 0 Å². The standard InChI is InChI=1S/C23H36N8O/c1-4-21-28-26-18-31(21)15-12-24-23(25-16-22(32)29(2)3)27-20-10-13-30(14-11-20)17-19-8-6-5-7-9-19/h5-9,18,20H,4,10-17H2,1-3H3,(H2,24,25,27). The van der Waals surface area contributed by atoms with Gasteiger partial charge in [0.2, 0.25) is 5.91 Å². The van der Waals surface area contributed by atoms with Gasteiger partial charge in [-0.15, -0.1) is 10.2 Å². The van der Waals surface area contributed by atoms with Crippen LogP contribution in [-0.2, 0) is 24.3 Å². The number of likely N-dealkylation sites (tertiary alicyclic amines) is 1. The van der Waals surface area contributed by atoms with Gasteiger partial charge in [0.15, 0.2) is 5.96 Å². The number of hydrogen-bond acceptors (Lipinski definition) is 5. The van der Waals surface area contributed by atoms with E-state index in [0.29, 0.717) is 18.5 Å². The second kappa shape index (κ2) is 12.2. The summed E-state index contributed by atoms with van der Waals surface area (Å²) < 4.78 is 2.04. The number of carbonyl (C=O) groups excluding carboxylic acids is 1. The zero-order valence-electron chi connectivity index (χ0n) is 19.5. The summed E-state index contributed by atoms with van der Waals surface area (Å²) in [6.45, 7) is 6.69. The molecule has 1 aromatic heterocycles. The lowest BCUT2D eigenvalue weighted by atomic mass is 10.0. The van der Waals surface area contributed by atoms with Crippen molar-refractivity contribution in [2.75, 3.05) is 40.3 Å². The predicted octanol–water partition coefficient (Wildman–Crippen LogP) is 1.13. The monoisotopic (exact) mass is 440 g/mol. The van der Waals surface area contributed by atoms with Crippen LogP contribution in [0.15, 0.2) is 41.7 Å². The molecule has 1 saturated heterocycles. The maximum absolute atomic E-state index is 12.0. The first-order valence-electron chi connectivity index (χ1n) is 11.4. The zero-order chi connectivity index (χ0) is 22.8. The summed E-state index contributed by atoms with van der Waals surface area (Å²) in [5.74, 6) is 1.63.